The molecule has 0 bridgehead atoms. The molecule has 2 N–H and O–H groups in total. The number of anilines is 1. The average molecular weight is 425 g/mol. The van der Waals surface area contributed by atoms with Gasteiger partial charge in [0.2, 0.25) is 0 Å². The number of nitrogens with zero attached hydrogens (tertiary/aromatic N) is 1. The summed E-state index contributed by atoms with van der Waals surface area (Å²) in [6.07, 6.45) is 0. The predicted octanol–water partition coefficient (Wildman–Crippen LogP) is 5.32. The summed E-state index contributed by atoms with van der Waals surface area (Å²) in [7, 11) is 1.58. The maximum absolute atomic E-state index is 14.8. The molecule has 0 spiro atoms. The van der Waals surface area contributed by atoms with E-state index >= 15 is 0 Å². The average Bonchev–Trinajstić information content (AvgIpc) is 2.75. The molecule has 0 radical (unpaired) electrons. The Bertz CT molecular complexity index is 1090. The summed E-state index contributed by atoms with van der Waals surface area (Å²) in [4.78, 5) is 15.2. The van der Waals surface area contributed by atoms with Crippen LogP contribution in [-0.2, 0) is 0 Å². The number of fused-ring (bicyclic) bond motifs is 1. The van der Waals surface area contributed by atoms with Gasteiger partial charge in [0.25, 0.3) is 5.91 Å². The van der Waals surface area contributed by atoms with Crippen molar-refractivity contribution in [2.75, 3.05) is 12.0 Å². The van der Waals surface area contributed by atoms with E-state index in [9.17, 15) is 9.18 Å². The van der Waals surface area contributed by atoms with Gasteiger partial charge in [0.05, 0.1) is 7.11 Å². The van der Waals surface area contributed by atoms with E-state index in [2.05, 4.69) is 0 Å². The summed E-state index contributed by atoms with van der Waals surface area (Å²) in [6.45, 7) is 1.90. The molecule has 6 heteroatoms. The van der Waals surface area contributed by atoms with Crippen molar-refractivity contribution < 1.29 is 13.9 Å². The SMILES string of the molecule is COc1ccc(C(=O)N2c3ccccc3C(N)C(c3ccc(Cl)cc3F)C2C)cc1. The van der Waals surface area contributed by atoms with Gasteiger partial charge < -0.3 is 15.4 Å². The fourth-order valence-electron chi connectivity index (χ4n) is 4.25. The number of carbonyl (C=O) groups excluding carboxylic acids is 1. The minimum atomic E-state index is -0.466. The molecular formula is C24H22ClFN2O2. The largest absolute Gasteiger partial charge is 0.497 e. The summed E-state index contributed by atoms with van der Waals surface area (Å²) in [6, 6.07) is 18.2. The monoisotopic (exact) mass is 424 g/mol. The van der Waals surface area contributed by atoms with E-state index in [1.165, 1.54) is 6.07 Å². The van der Waals surface area contributed by atoms with Crippen LogP contribution in [0.1, 0.15) is 40.4 Å². The van der Waals surface area contributed by atoms with Crippen LogP contribution in [0.15, 0.2) is 66.7 Å². The number of nitrogens with two attached hydrogens (primary N) is 1. The first-order valence-electron chi connectivity index (χ1n) is 9.69. The Morgan fingerprint density at radius 3 is 2.43 bits per heavy atom. The van der Waals surface area contributed by atoms with Crippen molar-refractivity contribution in [3.63, 3.8) is 0 Å². The maximum Gasteiger partial charge on any atom is 0.258 e. The van der Waals surface area contributed by atoms with Crippen molar-refractivity contribution in [1.29, 1.82) is 0 Å². The number of methoxy groups -OCH3 is 1. The van der Waals surface area contributed by atoms with Gasteiger partial charge in [-0.25, -0.2) is 4.39 Å². The van der Waals surface area contributed by atoms with Gasteiger partial charge in [0.1, 0.15) is 11.6 Å². The second-order valence-corrected chi connectivity index (χ2v) is 7.86. The lowest BCUT2D eigenvalue weighted by atomic mass is 9.77. The maximum atomic E-state index is 14.8. The number of hydrogen-bond acceptors (Lipinski definition) is 3. The molecule has 0 aromatic heterocycles. The number of halogens is 2. The predicted molar refractivity (Wildman–Crippen MR) is 117 cm³/mol. The lowest BCUT2D eigenvalue weighted by Crippen LogP contribution is -2.49. The molecule has 1 aliphatic heterocycles. The molecule has 1 heterocycles. The Labute approximate surface area is 180 Å². The molecule has 3 atom stereocenters. The highest BCUT2D eigenvalue weighted by molar-refractivity contribution is 6.30. The van der Waals surface area contributed by atoms with Gasteiger partial charge in [-0.15, -0.1) is 0 Å². The summed E-state index contributed by atoms with van der Waals surface area (Å²) in [5.74, 6) is -0.365. The quantitative estimate of drug-likeness (QED) is 0.619. The van der Waals surface area contributed by atoms with Crippen LogP contribution in [0, 0.1) is 5.82 Å². The molecule has 3 aromatic carbocycles. The number of benzene rings is 3. The first-order valence-corrected chi connectivity index (χ1v) is 10.1. The number of ether oxygens (including phenoxy) is 1. The zero-order chi connectivity index (χ0) is 21.4. The van der Waals surface area contributed by atoms with Crippen molar-refractivity contribution >= 4 is 23.2 Å². The zero-order valence-electron chi connectivity index (χ0n) is 16.7. The molecule has 1 amide bonds. The van der Waals surface area contributed by atoms with Crippen molar-refractivity contribution in [3.05, 3.63) is 94.3 Å². The van der Waals surface area contributed by atoms with Gasteiger partial charge in [-0.05, 0) is 60.5 Å². The highest BCUT2D eigenvalue weighted by Crippen LogP contribution is 2.45. The molecule has 30 heavy (non-hydrogen) atoms. The molecule has 1 aliphatic rings. The van der Waals surface area contributed by atoms with E-state index in [-0.39, 0.29) is 11.9 Å². The molecule has 0 saturated heterocycles. The number of carbonyl (C=O) groups is 1. The fourth-order valence-corrected chi connectivity index (χ4v) is 4.41. The smallest absolute Gasteiger partial charge is 0.258 e. The van der Waals surface area contributed by atoms with E-state index in [4.69, 9.17) is 22.1 Å². The van der Waals surface area contributed by atoms with Gasteiger partial charge in [0.15, 0.2) is 0 Å². The second-order valence-electron chi connectivity index (χ2n) is 7.42. The van der Waals surface area contributed by atoms with Gasteiger partial charge in [-0.2, -0.15) is 0 Å². The summed E-state index contributed by atoms with van der Waals surface area (Å²) in [5, 5.41) is 0.319. The van der Waals surface area contributed by atoms with Crippen LogP contribution in [0.25, 0.3) is 0 Å². The number of amides is 1. The molecule has 4 rings (SSSR count). The van der Waals surface area contributed by atoms with Crippen LogP contribution in [0.5, 0.6) is 5.75 Å². The highest BCUT2D eigenvalue weighted by atomic mass is 35.5. The van der Waals surface area contributed by atoms with Gasteiger partial charge in [-0.3, -0.25) is 4.79 Å². The topological polar surface area (TPSA) is 55.6 Å². The molecule has 0 fully saturated rings. The van der Waals surface area contributed by atoms with Crippen LogP contribution in [0.3, 0.4) is 0 Å². The zero-order valence-corrected chi connectivity index (χ0v) is 17.4. The Balaban J connectivity index is 1.82. The number of para-hydroxylation sites is 1. The van der Waals surface area contributed by atoms with Crippen LogP contribution in [-0.4, -0.2) is 19.1 Å². The molecule has 0 aliphatic carbocycles. The Hall–Kier alpha value is -2.89. The van der Waals surface area contributed by atoms with Crippen LogP contribution >= 0.6 is 11.6 Å². The van der Waals surface area contributed by atoms with Crippen molar-refractivity contribution in [1.82, 2.24) is 0 Å². The minimum Gasteiger partial charge on any atom is -0.497 e. The van der Waals surface area contributed by atoms with Crippen LogP contribution < -0.4 is 15.4 Å². The lowest BCUT2D eigenvalue weighted by molar-refractivity contribution is 0.0969. The van der Waals surface area contributed by atoms with Gasteiger partial charge in [0, 0.05) is 34.3 Å². The molecular weight excluding hydrogens is 403 g/mol. The van der Waals surface area contributed by atoms with Gasteiger partial charge >= 0.3 is 0 Å². The Morgan fingerprint density at radius 2 is 1.77 bits per heavy atom. The Morgan fingerprint density at radius 1 is 1.07 bits per heavy atom. The molecule has 0 saturated carbocycles. The molecule has 3 aromatic rings. The fraction of sp³-hybridized carbons (Fsp3) is 0.208. The standard InChI is InChI=1S/C24H22ClFN2O2/c1-14-22(18-12-9-16(25)13-20(18)26)23(27)19-5-3-4-6-21(19)28(14)24(29)15-7-10-17(30-2)11-8-15/h3-14,22-23H,27H2,1-2H3. The van der Waals surface area contributed by atoms with Gasteiger partial charge in [-0.1, -0.05) is 35.9 Å². The highest BCUT2D eigenvalue weighted by Gasteiger charge is 2.41. The van der Waals surface area contributed by atoms with Crippen molar-refractivity contribution in [2.45, 2.75) is 24.9 Å². The van der Waals surface area contributed by atoms with E-state index < -0.39 is 17.8 Å². The summed E-state index contributed by atoms with van der Waals surface area (Å²) in [5.41, 5.74) is 9.11. The normalized spacial score (nSPS) is 20.6. The van der Waals surface area contributed by atoms with E-state index in [1.807, 2.05) is 31.2 Å². The first kappa shape index (κ1) is 20.4. The van der Waals surface area contributed by atoms with E-state index in [0.717, 1.165) is 11.3 Å². The Kier molecular flexibility index (Phi) is 5.50. The van der Waals surface area contributed by atoms with Crippen molar-refractivity contribution in [2.24, 2.45) is 5.73 Å². The summed E-state index contributed by atoms with van der Waals surface area (Å²) >= 11 is 5.95. The number of hydrogen-bond donors (Lipinski definition) is 1. The van der Waals surface area contributed by atoms with Crippen LogP contribution in [0.2, 0.25) is 5.02 Å². The van der Waals surface area contributed by atoms with Crippen molar-refractivity contribution in [3.8, 4) is 5.75 Å². The lowest BCUT2D eigenvalue weighted by Gasteiger charge is -2.44. The van der Waals surface area contributed by atoms with E-state index in [0.29, 0.717) is 21.9 Å². The van der Waals surface area contributed by atoms with E-state index in [1.54, 1.807) is 48.4 Å². The third-order valence-corrected chi connectivity index (χ3v) is 5.98. The second kappa shape index (κ2) is 8.09. The number of rotatable bonds is 3. The third kappa shape index (κ3) is 3.44. The minimum absolute atomic E-state index is 0.177. The third-order valence-electron chi connectivity index (χ3n) is 5.75. The molecule has 4 nitrogen and oxygen atoms in total. The molecule has 154 valence electrons. The first-order chi connectivity index (χ1) is 14.4. The molecule has 3 unspecified atom stereocenters. The summed E-state index contributed by atoms with van der Waals surface area (Å²) < 4.78 is 20.0. The van der Waals surface area contributed by atoms with Crippen LogP contribution in [0.4, 0.5) is 10.1 Å².